The van der Waals surface area contributed by atoms with Gasteiger partial charge in [0.2, 0.25) is 0 Å². The van der Waals surface area contributed by atoms with Crippen molar-refractivity contribution in [2.75, 3.05) is 6.61 Å². The summed E-state index contributed by atoms with van der Waals surface area (Å²) in [6, 6.07) is 29.6. The van der Waals surface area contributed by atoms with Gasteiger partial charge in [-0.15, -0.1) is 0 Å². The predicted octanol–water partition coefficient (Wildman–Crippen LogP) is 5.65. The second kappa shape index (κ2) is 8.48. The van der Waals surface area contributed by atoms with Crippen molar-refractivity contribution in [1.29, 1.82) is 0 Å². The van der Waals surface area contributed by atoms with Crippen molar-refractivity contribution in [3.05, 3.63) is 96.7 Å². The third-order valence-electron chi connectivity index (χ3n) is 4.53. The fraction of sp³-hybridized carbons (Fsp3) is 0.0800. The minimum absolute atomic E-state index is 0.253. The molecule has 142 valence electrons. The second-order valence-electron chi connectivity index (χ2n) is 6.49. The van der Waals surface area contributed by atoms with Crippen LogP contribution in [0.2, 0.25) is 0 Å². The van der Waals surface area contributed by atoms with E-state index >= 15 is 0 Å². The molecule has 29 heavy (non-hydrogen) atoms. The summed E-state index contributed by atoms with van der Waals surface area (Å²) in [6.07, 6.45) is 0. The molecule has 0 saturated carbocycles. The lowest BCUT2D eigenvalue weighted by molar-refractivity contribution is 0.0519. The van der Waals surface area contributed by atoms with Gasteiger partial charge in [0.1, 0.15) is 0 Å². The molecule has 4 nitrogen and oxygen atoms in total. The van der Waals surface area contributed by atoms with Gasteiger partial charge in [-0.05, 0) is 24.1 Å². The fourth-order valence-electron chi connectivity index (χ4n) is 3.09. The SMILES string of the molecule is CCOC(=O)c1cc(-c2ccc(-c3ccccc3)cc2)nc(-c2ccccc2)n1. The lowest BCUT2D eigenvalue weighted by Crippen LogP contribution is -2.09. The van der Waals surface area contributed by atoms with Gasteiger partial charge >= 0.3 is 5.97 Å². The van der Waals surface area contributed by atoms with Gasteiger partial charge in [-0.2, -0.15) is 0 Å². The first-order valence-electron chi connectivity index (χ1n) is 9.52. The molecule has 4 rings (SSSR count). The molecule has 4 aromatic rings. The Morgan fingerprint density at radius 2 is 1.28 bits per heavy atom. The first-order chi connectivity index (χ1) is 14.2. The van der Waals surface area contributed by atoms with Crippen molar-refractivity contribution in [3.63, 3.8) is 0 Å². The van der Waals surface area contributed by atoms with E-state index < -0.39 is 5.97 Å². The molecule has 0 bridgehead atoms. The largest absolute Gasteiger partial charge is 0.461 e. The molecule has 0 aliphatic rings. The van der Waals surface area contributed by atoms with Crippen molar-refractivity contribution < 1.29 is 9.53 Å². The lowest BCUT2D eigenvalue weighted by Gasteiger charge is -2.09. The van der Waals surface area contributed by atoms with Crippen LogP contribution in [0.5, 0.6) is 0 Å². The second-order valence-corrected chi connectivity index (χ2v) is 6.49. The molecule has 0 atom stereocenters. The Morgan fingerprint density at radius 1 is 0.724 bits per heavy atom. The van der Waals surface area contributed by atoms with Crippen LogP contribution in [0.4, 0.5) is 0 Å². The smallest absolute Gasteiger partial charge is 0.357 e. The van der Waals surface area contributed by atoms with Gasteiger partial charge in [0.05, 0.1) is 12.3 Å². The Morgan fingerprint density at radius 3 is 1.90 bits per heavy atom. The van der Waals surface area contributed by atoms with E-state index in [1.807, 2.05) is 60.7 Å². The molecule has 0 aliphatic carbocycles. The molecule has 0 radical (unpaired) electrons. The summed E-state index contributed by atoms with van der Waals surface area (Å²) in [6.45, 7) is 2.07. The van der Waals surface area contributed by atoms with Crippen LogP contribution in [0.3, 0.4) is 0 Å². The van der Waals surface area contributed by atoms with Crippen LogP contribution in [0.25, 0.3) is 33.8 Å². The number of aromatic nitrogens is 2. The van der Waals surface area contributed by atoms with Crippen molar-refractivity contribution in [2.24, 2.45) is 0 Å². The molecular formula is C25H20N2O2. The molecule has 0 amide bonds. The van der Waals surface area contributed by atoms with E-state index in [0.717, 1.165) is 22.3 Å². The maximum absolute atomic E-state index is 12.3. The van der Waals surface area contributed by atoms with Gasteiger partial charge in [-0.25, -0.2) is 14.8 Å². The van der Waals surface area contributed by atoms with E-state index in [4.69, 9.17) is 9.72 Å². The average Bonchev–Trinajstić information content (AvgIpc) is 2.80. The van der Waals surface area contributed by atoms with Gasteiger partial charge in [-0.1, -0.05) is 84.9 Å². The minimum Gasteiger partial charge on any atom is -0.461 e. The molecule has 0 aliphatic heterocycles. The van der Waals surface area contributed by atoms with Crippen LogP contribution in [0.15, 0.2) is 91.0 Å². The maximum Gasteiger partial charge on any atom is 0.357 e. The standard InChI is InChI=1S/C25H20N2O2/c1-2-29-25(28)23-17-22(26-24(27-23)21-11-7-4-8-12-21)20-15-13-19(14-16-20)18-9-5-3-6-10-18/h3-17H,2H2,1H3. The minimum atomic E-state index is -0.450. The number of benzene rings is 3. The van der Waals surface area contributed by atoms with E-state index in [0.29, 0.717) is 18.1 Å². The van der Waals surface area contributed by atoms with Crippen LogP contribution in [0.1, 0.15) is 17.4 Å². The zero-order chi connectivity index (χ0) is 20.1. The van der Waals surface area contributed by atoms with Crippen LogP contribution in [-0.4, -0.2) is 22.5 Å². The van der Waals surface area contributed by atoms with Crippen LogP contribution in [0, 0.1) is 0 Å². The molecule has 0 unspecified atom stereocenters. The topological polar surface area (TPSA) is 52.1 Å². The molecule has 1 heterocycles. The van der Waals surface area contributed by atoms with Crippen LogP contribution < -0.4 is 0 Å². The van der Waals surface area contributed by atoms with Gasteiger partial charge in [0.25, 0.3) is 0 Å². The van der Waals surface area contributed by atoms with Gasteiger partial charge in [0.15, 0.2) is 11.5 Å². The van der Waals surface area contributed by atoms with Gasteiger partial charge in [-0.3, -0.25) is 0 Å². The molecule has 0 N–H and O–H groups in total. The van der Waals surface area contributed by atoms with Gasteiger partial charge in [0, 0.05) is 11.1 Å². The third kappa shape index (κ3) is 4.22. The molecule has 0 saturated heterocycles. The Labute approximate surface area is 169 Å². The van der Waals surface area contributed by atoms with E-state index in [-0.39, 0.29) is 5.69 Å². The maximum atomic E-state index is 12.3. The average molecular weight is 380 g/mol. The molecule has 4 heteroatoms. The lowest BCUT2D eigenvalue weighted by atomic mass is 10.0. The predicted molar refractivity (Wildman–Crippen MR) is 114 cm³/mol. The Kier molecular flexibility index (Phi) is 5.43. The summed E-state index contributed by atoms with van der Waals surface area (Å²) in [7, 11) is 0. The first-order valence-corrected chi connectivity index (χ1v) is 9.52. The number of rotatable bonds is 5. The van der Waals surface area contributed by atoms with Gasteiger partial charge < -0.3 is 4.74 Å². The Bertz CT molecular complexity index is 1110. The monoisotopic (exact) mass is 380 g/mol. The van der Waals surface area contributed by atoms with E-state index in [1.54, 1.807) is 13.0 Å². The number of esters is 1. The normalized spacial score (nSPS) is 10.5. The number of hydrogen-bond acceptors (Lipinski definition) is 4. The summed E-state index contributed by atoms with van der Waals surface area (Å²) in [4.78, 5) is 21.5. The van der Waals surface area contributed by atoms with Crippen molar-refractivity contribution in [1.82, 2.24) is 9.97 Å². The van der Waals surface area contributed by atoms with Crippen LogP contribution in [-0.2, 0) is 4.74 Å². The molecule has 1 aromatic heterocycles. The Balaban J connectivity index is 1.76. The highest BCUT2D eigenvalue weighted by molar-refractivity contribution is 5.89. The summed E-state index contributed by atoms with van der Waals surface area (Å²) in [5.74, 6) is 0.0486. The summed E-state index contributed by atoms with van der Waals surface area (Å²) < 4.78 is 5.16. The number of nitrogens with zero attached hydrogens (tertiary/aromatic N) is 2. The fourth-order valence-corrected chi connectivity index (χ4v) is 3.09. The highest BCUT2D eigenvalue weighted by Crippen LogP contribution is 2.26. The number of ether oxygens (including phenoxy) is 1. The summed E-state index contributed by atoms with van der Waals surface area (Å²) in [5.41, 5.74) is 4.97. The van der Waals surface area contributed by atoms with Crippen LogP contribution >= 0.6 is 0 Å². The highest BCUT2D eigenvalue weighted by Gasteiger charge is 2.15. The third-order valence-corrected chi connectivity index (χ3v) is 4.53. The number of hydrogen-bond donors (Lipinski definition) is 0. The molecular weight excluding hydrogens is 360 g/mol. The van der Waals surface area contributed by atoms with E-state index in [2.05, 4.69) is 29.2 Å². The van der Waals surface area contributed by atoms with E-state index in [1.165, 1.54) is 0 Å². The quantitative estimate of drug-likeness (QED) is 0.420. The zero-order valence-electron chi connectivity index (χ0n) is 16.1. The van der Waals surface area contributed by atoms with Crippen molar-refractivity contribution in [2.45, 2.75) is 6.92 Å². The number of carbonyl (C=O) groups excluding carboxylic acids is 1. The van der Waals surface area contributed by atoms with Crippen molar-refractivity contribution in [3.8, 4) is 33.8 Å². The first kappa shape index (κ1) is 18.6. The zero-order valence-corrected chi connectivity index (χ0v) is 16.1. The Hall–Kier alpha value is -3.79. The molecule has 0 spiro atoms. The number of carbonyl (C=O) groups is 1. The molecule has 3 aromatic carbocycles. The molecule has 0 fully saturated rings. The van der Waals surface area contributed by atoms with Crippen molar-refractivity contribution >= 4 is 5.97 Å². The summed E-state index contributed by atoms with van der Waals surface area (Å²) in [5, 5.41) is 0. The van der Waals surface area contributed by atoms with E-state index in [9.17, 15) is 4.79 Å². The highest BCUT2D eigenvalue weighted by atomic mass is 16.5. The summed E-state index contributed by atoms with van der Waals surface area (Å²) >= 11 is 0.